The molecule has 1 heterocycles. The third kappa shape index (κ3) is 3.02. The first-order chi connectivity index (χ1) is 11.4. The number of rotatable bonds is 3. The molecule has 0 radical (unpaired) electrons. The Labute approximate surface area is 146 Å². The molecule has 0 bridgehead atoms. The van der Waals surface area contributed by atoms with Crippen molar-refractivity contribution < 1.29 is 0 Å². The van der Waals surface area contributed by atoms with Crippen LogP contribution in [0, 0.1) is 33.6 Å². The van der Waals surface area contributed by atoms with E-state index in [0.29, 0.717) is 11.8 Å². The van der Waals surface area contributed by atoms with Gasteiger partial charge < -0.3 is 10.6 Å². The molecule has 1 aliphatic heterocycles. The second-order valence-electron chi connectivity index (χ2n) is 7.46. The van der Waals surface area contributed by atoms with Crippen molar-refractivity contribution in [3.05, 3.63) is 58.1 Å². The first kappa shape index (κ1) is 16.9. The topological polar surface area (TPSA) is 24.1 Å². The number of anilines is 2. The van der Waals surface area contributed by atoms with E-state index in [1.165, 1.54) is 45.6 Å². The predicted molar refractivity (Wildman–Crippen MR) is 105 cm³/mol. The van der Waals surface area contributed by atoms with Gasteiger partial charge in [0.25, 0.3) is 0 Å². The molecule has 0 aliphatic carbocycles. The number of nitrogens with one attached hydrogen (secondary N) is 2. The van der Waals surface area contributed by atoms with Gasteiger partial charge in [0.05, 0.1) is 6.17 Å². The fraction of sp³-hybridized carbons (Fsp3) is 0.455. The van der Waals surface area contributed by atoms with Gasteiger partial charge in [0.1, 0.15) is 0 Å². The van der Waals surface area contributed by atoms with Crippen molar-refractivity contribution in [2.45, 2.75) is 60.0 Å². The number of hydrogen-bond acceptors (Lipinski definition) is 2. The van der Waals surface area contributed by atoms with Gasteiger partial charge in [-0.15, -0.1) is 0 Å². The van der Waals surface area contributed by atoms with E-state index in [4.69, 9.17) is 0 Å². The van der Waals surface area contributed by atoms with E-state index in [0.717, 1.165) is 0 Å². The molecule has 3 atom stereocenters. The standard InChI is InChI=1S/C22H30N2/c1-7-19-17(6)22(23-18-9-8-13(2)14(3)10-18)24-21-12-16(5)15(4)11-20(19)21/h8-12,17,19,22-24H,7H2,1-6H3/t17-,19-,22-/m1/s1. The van der Waals surface area contributed by atoms with E-state index in [2.05, 4.69) is 82.5 Å². The maximum atomic E-state index is 3.75. The van der Waals surface area contributed by atoms with Crippen LogP contribution in [-0.4, -0.2) is 6.17 Å². The Morgan fingerprint density at radius 1 is 0.917 bits per heavy atom. The van der Waals surface area contributed by atoms with Crippen molar-refractivity contribution in [2.24, 2.45) is 5.92 Å². The fourth-order valence-corrected chi connectivity index (χ4v) is 3.85. The zero-order chi connectivity index (χ0) is 17.4. The maximum absolute atomic E-state index is 3.75. The van der Waals surface area contributed by atoms with Crippen LogP contribution in [0.15, 0.2) is 30.3 Å². The summed E-state index contributed by atoms with van der Waals surface area (Å²) in [4.78, 5) is 0. The van der Waals surface area contributed by atoms with Crippen molar-refractivity contribution in [3.8, 4) is 0 Å². The molecule has 0 fully saturated rings. The van der Waals surface area contributed by atoms with Crippen molar-refractivity contribution in [1.29, 1.82) is 0 Å². The van der Waals surface area contributed by atoms with Crippen molar-refractivity contribution >= 4 is 11.4 Å². The molecule has 1 aliphatic rings. The molecule has 0 aromatic heterocycles. The molecule has 24 heavy (non-hydrogen) atoms. The lowest BCUT2D eigenvalue weighted by Crippen LogP contribution is -2.42. The van der Waals surface area contributed by atoms with Crippen LogP contribution in [0.25, 0.3) is 0 Å². The lowest BCUT2D eigenvalue weighted by atomic mass is 9.78. The van der Waals surface area contributed by atoms with Gasteiger partial charge in [0.15, 0.2) is 0 Å². The SMILES string of the molecule is CC[C@H]1c2cc(C)c(C)cc2N[C@@H](Nc2ccc(C)c(C)c2)[C@@H]1C. The highest BCUT2D eigenvalue weighted by atomic mass is 15.1. The molecule has 0 spiro atoms. The lowest BCUT2D eigenvalue weighted by molar-refractivity contribution is 0.395. The first-order valence-corrected chi connectivity index (χ1v) is 9.12. The second-order valence-corrected chi connectivity index (χ2v) is 7.46. The molecule has 128 valence electrons. The summed E-state index contributed by atoms with van der Waals surface area (Å²) in [6, 6.07) is 11.3. The van der Waals surface area contributed by atoms with Crippen LogP contribution in [0.5, 0.6) is 0 Å². The van der Waals surface area contributed by atoms with Gasteiger partial charge in [-0.2, -0.15) is 0 Å². The van der Waals surface area contributed by atoms with Crippen LogP contribution >= 0.6 is 0 Å². The number of benzene rings is 2. The predicted octanol–water partition coefficient (Wildman–Crippen LogP) is 5.91. The van der Waals surface area contributed by atoms with Crippen LogP contribution in [0.3, 0.4) is 0 Å². The molecule has 0 amide bonds. The van der Waals surface area contributed by atoms with E-state index >= 15 is 0 Å². The summed E-state index contributed by atoms with van der Waals surface area (Å²) in [7, 11) is 0. The minimum atomic E-state index is 0.256. The van der Waals surface area contributed by atoms with E-state index in [1.807, 2.05) is 0 Å². The van der Waals surface area contributed by atoms with Gasteiger partial charge >= 0.3 is 0 Å². The van der Waals surface area contributed by atoms with Crippen molar-refractivity contribution in [2.75, 3.05) is 10.6 Å². The van der Waals surface area contributed by atoms with E-state index in [1.54, 1.807) is 0 Å². The second kappa shape index (κ2) is 6.51. The Bertz CT molecular complexity index is 748. The largest absolute Gasteiger partial charge is 0.365 e. The number of hydrogen-bond donors (Lipinski definition) is 2. The normalized spacial score (nSPS) is 22.7. The van der Waals surface area contributed by atoms with Gasteiger partial charge in [0, 0.05) is 17.3 Å². The molecule has 3 rings (SSSR count). The average molecular weight is 322 g/mol. The molecule has 2 nitrogen and oxygen atoms in total. The lowest BCUT2D eigenvalue weighted by Gasteiger charge is -2.40. The molecule has 0 saturated heterocycles. The van der Waals surface area contributed by atoms with Gasteiger partial charge in [-0.1, -0.05) is 26.0 Å². The third-order valence-electron chi connectivity index (χ3n) is 5.81. The minimum absolute atomic E-state index is 0.256. The Hall–Kier alpha value is -1.96. The summed E-state index contributed by atoms with van der Waals surface area (Å²) in [5.41, 5.74) is 9.40. The van der Waals surface area contributed by atoms with Crippen LogP contribution in [0.1, 0.15) is 54.0 Å². The zero-order valence-electron chi connectivity index (χ0n) is 15.8. The van der Waals surface area contributed by atoms with Gasteiger partial charge in [-0.05, 0) is 86.1 Å². The summed E-state index contributed by atoms with van der Waals surface area (Å²) >= 11 is 0. The highest BCUT2D eigenvalue weighted by molar-refractivity contribution is 5.61. The van der Waals surface area contributed by atoms with Crippen molar-refractivity contribution in [1.82, 2.24) is 0 Å². The van der Waals surface area contributed by atoms with Gasteiger partial charge in [-0.25, -0.2) is 0 Å². The fourth-order valence-electron chi connectivity index (χ4n) is 3.85. The monoisotopic (exact) mass is 322 g/mol. The van der Waals surface area contributed by atoms with E-state index in [-0.39, 0.29) is 6.17 Å². The summed E-state index contributed by atoms with van der Waals surface area (Å²) < 4.78 is 0. The van der Waals surface area contributed by atoms with Crippen LogP contribution in [-0.2, 0) is 0 Å². The zero-order valence-corrected chi connectivity index (χ0v) is 15.8. The highest BCUT2D eigenvalue weighted by Crippen LogP contribution is 2.41. The Morgan fingerprint density at radius 3 is 2.25 bits per heavy atom. The molecular formula is C22H30N2. The smallest absolute Gasteiger partial charge is 0.0996 e. The number of fused-ring (bicyclic) bond motifs is 1. The third-order valence-corrected chi connectivity index (χ3v) is 5.81. The molecular weight excluding hydrogens is 292 g/mol. The minimum Gasteiger partial charge on any atom is -0.365 e. The molecule has 0 unspecified atom stereocenters. The summed E-state index contributed by atoms with van der Waals surface area (Å²) in [5, 5.41) is 7.48. The molecule has 2 heteroatoms. The highest BCUT2D eigenvalue weighted by Gasteiger charge is 2.32. The van der Waals surface area contributed by atoms with Crippen molar-refractivity contribution in [3.63, 3.8) is 0 Å². The van der Waals surface area contributed by atoms with Crippen LogP contribution in [0.4, 0.5) is 11.4 Å². The molecule has 0 saturated carbocycles. The molecule has 2 aromatic carbocycles. The van der Waals surface area contributed by atoms with E-state index in [9.17, 15) is 0 Å². The molecule has 2 N–H and O–H groups in total. The first-order valence-electron chi connectivity index (χ1n) is 9.12. The molecule has 2 aromatic rings. The Balaban J connectivity index is 1.92. The summed E-state index contributed by atoms with van der Waals surface area (Å²) in [6.45, 7) is 13.4. The summed E-state index contributed by atoms with van der Waals surface area (Å²) in [5.74, 6) is 1.12. The number of aryl methyl sites for hydroxylation is 4. The van der Waals surface area contributed by atoms with Gasteiger partial charge in [-0.3, -0.25) is 0 Å². The van der Waals surface area contributed by atoms with Gasteiger partial charge in [0.2, 0.25) is 0 Å². The van der Waals surface area contributed by atoms with Crippen LogP contribution < -0.4 is 10.6 Å². The Morgan fingerprint density at radius 2 is 1.58 bits per heavy atom. The van der Waals surface area contributed by atoms with Crippen LogP contribution in [0.2, 0.25) is 0 Å². The summed E-state index contributed by atoms with van der Waals surface area (Å²) in [6.07, 6.45) is 1.43. The average Bonchev–Trinajstić information content (AvgIpc) is 2.54. The maximum Gasteiger partial charge on any atom is 0.0996 e. The Kier molecular flexibility index (Phi) is 4.58. The van der Waals surface area contributed by atoms with E-state index < -0.39 is 0 Å². The quantitative estimate of drug-likeness (QED) is 0.733.